The Morgan fingerprint density at radius 3 is 2.56 bits per heavy atom. The van der Waals surface area contributed by atoms with Crippen molar-refractivity contribution >= 4 is 17.5 Å². The fraction of sp³-hybridized carbons (Fsp3) is 0.211. The van der Waals surface area contributed by atoms with Crippen LogP contribution in [-0.2, 0) is 6.54 Å². The van der Waals surface area contributed by atoms with Crippen LogP contribution in [0, 0.1) is 5.82 Å². The van der Waals surface area contributed by atoms with E-state index in [1.54, 1.807) is 18.3 Å². The second-order valence-electron chi connectivity index (χ2n) is 6.01. The summed E-state index contributed by atoms with van der Waals surface area (Å²) >= 11 is 0. The summed E-state index contributed by atoms with van der Waals surface area (Å²) in [5.74, 6) is 1.17. The molecule has 2 aromatic carbocycles. The van der Waals surface area contributed by atoms with E-state index in [-0.39, 0.29) is 5.82 Å². The maximum absolute atomic E-state index is 12.9. The first-order valence-electron chi connectivity index (χ1n) is 8.16. The molecule has 6 heteroatoms. The molecule has 0 atom stereocenters. The first kappa shape index (κ1) is 16.8. The Kier molecular flexibility index (Phi) is 5.18. The summed E-state index contributed by atoms with van der Waals surface area (Å²) in [6.07, 6.45) is 1.56. The summed E-state index contributed by atoms with van der Waals surface area (Å²) in [7, 11) is 0. The van der Waals surface area contributed by atoms with Gasteiger partial charge in [-0.25, -0.2) is 4.39 Å². The van der Waals surface area contributed by atoms with Crippen LogP contribution >= 0.6 is 0 Å². The Hall–Kier alpha value is -3.02. The van der Waals surface area contributed by atoms with Crippen molar-refractivity contribution in [1.82, 2.24) is 15.2 Å². The molecule has 1 heterocycles. The predicted octanol–water partition coefficient (Wildman–Crippen LogP) is 4.49. The summed E-state index contributed by atoms with van der Waals surface area (Å²) < 4.78 is 12.9. The molecule has 3 rings (SSSR count). The number of benzene rings is 2. The van der Waals surface area contributed by atoms with Crippen molar-refractivity contribution in [2.24, 2.45) is 0 Å². The topological polar surface area (TPSA) is 62.7 Å². The molecule has 128 valence electrons. The molecule has 3 aromatic rings. The Balaban J connectivity index is 1.70. The van der Waals surface area contributed by atoms with E-state index in [2.05, 4.69) is 45.7 Å². The Bertz CT molecular complexity index is 833. The van der Waals surface area contributed by atoms with Gasteiger partial charge in [-0.15, -0.1) is 5.10 Å². The molecule has 0 aliphatic rings. The molecule has 0 radical (unpaired) electrons. The lowest BCUT2D eigenvalue weighted by atomic mass is 10.0. The number of anilines is 3. The molecular formula is C19H20FN5. The van der Waals surface area contributed by atoms with Crippen molar-refractivity contribution in [2.45, 2.75) is 26.3 Å². The van der Waals surface area contributed by atoms with E-state index in [4.69, 9.17) is 0 Å². The Labute approximate surface area is 146 Å². The molecule has 2 N–H and O–H groups in total. The summed E-state index contributed by atoms with van der Waals surface area (Å²) in [6.45, 7) is 4.81. The molecule has 0 aliphatic carbocycles. The van der Waals surface area contributed by atoms with Crippen molar-refractivity contribution in [3.05, 3.63) is 71.7 Å². The van der Waals surface area contributed by atoms with Crippen LogP contribution in [0.25, 0.3) is 0 Å². The van der Waals surface area contributed by atoms with Crippen molar-refractivity contribution < 1.29 is 4.39 Å². The SMILES string of the molecule is CC(C)c1ccccc1Nc1nncc(NCc2ccc(F)cc2)n1. The number of halogens is 1. The van der Waals surface area contributed by atoms with Crippen LogP contribution < -0.4 is 10.6 Å². The molecule has 0 unspecified atom stereocenters. The lowest BCUT2D eigenvalue weighted by Crippen LogP contribution is -2.06. The molecule has 0 aliphatic heterocycles. The van der Waals surface area contributed by atoms with Gasteiger partial charge in [0.15, 0.2) is 5.82 Å². The number of aromatic nitrogens is 3. The van der Waals surface area contributed by atoms with Crippen LogP contribution in [0.4, 0.5) is 21.8 Å². The molecular weight excluding hydrogens is 317 g/mol. The quantitative estimate of drug-likeness (QED) is 0.694. The predicted molar refractivity (Wildman–Crippen MR) is 97.4 cm³/mol. The second kappa shape index (κ2) is 7.70. The summed E-state index contributed by atoms with van der Waals surface area (Å²) in [4.78, 5) is 4.43. The lowest BCUT2D eigenvalue weighted by molar-refractivity contribution is 0.627. The van der Waals surface area contributed by atoms with Gasteiger partial charge in [-0.2, -0.15) is 10.1 Å². The van der Waals surface area contributed by atoms with Gasteiger partial charge in [-0.05, 0) is 35.2 Å². The van der Waals surface area contributed by atoms with E-state index >= 15 is 0 Å². The highest BCUT2D eigenvalue weighted by Crippen LogP contribution is 2.25. The van der Waals surface area contributed by atoms with Crippen LogP contribution in [-0.4, -0.2) is 15.2 Å². The number of nitrogens with zero attached hydrogens (tertiary/aromatic N) is 3. The highest BCUT2D eigenvalue weighted by atomic mass is 19.1. The zero-order valence-corrected chi connectivity index (χ0v) is 14.2. The maximum atomic E-state index is 12.9. The van der Waals surface area contributed by atoms with E-state index in [9.17, 15) is 4.39 Å². The zero-order valence-electron chi connectivity index (χ0n) is 14.2. The first-order chi connectivity index (χ1) is 12.1. The lowest BCUT2D eigenvalue weighted by Gasteiger charge is -2.13. The van der Waals surface area contributed by atoms with Crippen molar-refractivity contribution in [1.29, 1.82) is 0 Å². The van der Waals surface area contributed by atoms with E-state index in [0.29, 0.717) is 24.2 Å². The molecule has 0 saturated heterocycles. The number of nitrogens with one attached hydrogen (secondary N) is 2. The number of para-hydroxylation sites is 1. The Morgan fingerprint density at radius 2 is 1.80 bits per heavy atom. The molecule has 1 aromatic heterocycles. The van der Waals surface area contributed by atoms with E-state index in [1.807, 2.05) is 18.2 Å². The van der Waals surface area contributed by atoms with Gasteiger partial charge in [0.05, 0.1) is 6.20 Å². The summed E-state index contributed by atoms with van der Waals surface area (Å²) in [6, 6.07) is 14.4. The van der Waals surface area contributed by atoms with Gasteiger partial charge in [0.2, 0.25) is 5.95 Å². The van der Waals surface area contributed by atoms with Gasteiger partial charge < -0.3 is 10.6 Å². The first-order valence-corrected chi connectivity index (χ1v) is 8.16. The van der Waals surface area contributed by atoms with Crippen molar-refractivity contribution in [2.75, 3.05) is 10.6 Å². The average Bonchev–Trinajstić information content (AvgIpc) is 2.62. The van der Waals surface area contributed by atoms with Crippen LogP contribution in [0.3, 0.4) is 0 Å². The van der Waals surface area contributed by atoms with Crippen molar-refractivity contribution in [3.63, 3.8) is 0 Å². The molecule has 0 amide bonds. The normalized spacial score (nSPS) is 10.7. The van der Waals surface area contributed by atoms with Gasteiger partial charge >= 0.3 is 0 Å². The molecule has 0 bridgehead atoms. The van der Waals surface area contributed by atoms with E-state index in [1.165, 1.54) is 17.7 Å². The minimum absolute atomic E-state index is 0.247. The highest BCUT2D eigenvalue weighted by molar-refractivity contribution is 5.59. The number of hydrogen-bond donors (Lipinski definition) is 2. The van der Waals surface area contributed by atoms with Crippen LogP contribution in [0.15, 0.2) is 54.7 Å². The van der Waals surface area contributed by atoms with Gasteiger partial charge in [0, 0.05) is 12.2 Å². The van der Waals surface area contributed by atoms with Gasteiger partial charge in [0.1, 0.15) is 5.82 Å². The van der Waals surface area contributed by atoms with Gasteiger partial charge in [0.25, 0.3) is 0 Å². The van der Waals surface area contributed by atoms with E-state index < -0.39 is 0 Å². The monoisotopic (exact) mass is 337 g/mol. The molecule has 0 spiro atoms. The Morgan fingerprint density at radius 1 is 1.04 bits per heavy atom. The fourth-order valence-electron chi connectivity index (χ4n) is 2.47. The highest BCUT2D eigenvalue weighted by Gasteiger charge is 2.08. The smallest absolute Gasteiger partial charge is 0.249 e. The van der Waals surface area contributed by atoms with Gasteiger partial charge in [-0.3, -0.25) is 0 Å². The number of rotatable bonds is 6. The molecule has 0 fully saturated rings. The summed E-state index contributed by atoms with van der Waals surface area (Å²) in [5.41, 5.74) is 3.12. The zero-order chi connectivity index (χ0) is 17.6. The van der Waals surface area contributed by atoms with Crippen LogP contribution in [0.2, 0.25) is 0 Å². The molecule has 5 nitrogen and oxygen atoms in total. The van der Waals surface area contributed by atoms with E-state index in [0.717, 1.165) is 11.3 Å². The number of hydrogen-bond acceptors (Lipinski definition) is 5. The fourth-order valence-corrected chi connectivity index (χ4v) is 2.47. The van der Waals surface area contributed by atoms with Crippen molar-refractivity contribution in [3.8, 4) is 0 Å². The minimum atomic E-state index is -0.247. The minimum Gasteiger partial charge on any atom is -0.365 e. The maximum Gasteiger partial charge on any atom is 0.249 e. The second-order valence-corrected chi connectivity index (χ2v) is 6.01. The standard InChI is InChI=1S/C19H20FN5/c1-13(2)16-5-3-4-6-17(16)23-19-24-18(12-22-25-19)21-11-14-7-9-15(20)10-8-14/h3-10,12-13H,11H2,1-2H3,(H2,21,23,24,25). The summed E-state index contributed by atoms with van der Waals surface area (Å²) in [5, 5.41) is 14.4. The third-order valence-corrected chi connectivity index (χ3v) is 3.77. The molecule has 25 heavy (non-hydrogen) atoms. The largest absolute Gasteiger partial charge is 0.365 e. The average molecular weight is 337 g/mol. The third kappa shape index (κ3) is 4.50. The third-order valence-electron chi connectivity index (χ3n) is 3.77. The van der Waals surface area contributed by atoms with Crippen LogP contribution in [0.1, 0.15) is 30.9 Å². The van der Waals surface area contributed by atoms with Crippen LogP contribution in [0.5, 0.6) is 0 Å². The van der Waals surface area contributed by atoms with Gasteiger partial charge in [-0.1, -0.05) is 44.2 Å². The molecule has 0 saturated carbocycles.